The van der Waals surface area contributed by atoms with Crippen molar-refractivity contribution in [3.63, 3.8) is 0 Å². The van der Waals surface area contributed by atoms with E-state index >= 15 is 0 Å². The van der Waals surface area contributed by atoms with E-state index in [2.05, 4.69) is 20.3 Å². The van der Waals surface area contributed by atoms with Crippen LogP contribution in [0.4, 0.5) is 11.8 Å². The summed E-state index contributed by atoms with van der Waals surface area (Å²) in [6.07, 6.45) is 8.14. The molecule has 84 valence electrons. The Bertz CT molecular complexity index is 425. The second-order valence-corrected chi connectivity index (χ2v) is 3.39. The van der Waals surface area contributed by atoms with Gasteiger partial charge in [0, 0.05) is 31.7 Å². The fourth-order valence-electron chi connectivity index (χ4n) is 1.34. The molecule has 0 saturated heterocycles. The molecule has 6 heteroatoms. The average Bonchev–Trinajstić information content (AvgIpc) is 2.77. The van der Waals surface area contributed by atoms with E-state index in [4.69, 9.17) is 5.73 Å². The molecule has 3 N–H and O–H groups in total. The van der Waals surface area contributed by atoms with Gasteiger partial charge in [-0.15, -0.1) is 0 Å². The number of rotatable bonds is 5. The lowest BCUT2D eigenvalue weighted by atomic mass is 10.4. The van der Waals surface area contributed by atoms with Crippen LogP contribution in [0.25, 0.3) is 0 Å². The topological polar surface area (TPSA) is 81.6 Å². The van der Waals surface area contributed by atoms with E-state index in [9.17, 15) is 0 Å². The lowest BCUT2D eigenvalue weighted by Crippen LogP contribution is -2.08. The van der Waals surface area contributed by atoms with Gasteiger partial charge in [-0.3, -0.25) is 0 Å². The highest BCUT2D eigenvalue weighted by molar-refractivity contribution is 5.34. The fourth-order valence-corrected chi connectivity index (χ4v) is 1.34. The normalized spacial score (nSPS) is 10.2. The quantitative estimate of drug-likeness (QED) is 0.724. The lowest BCUT2D eigenvalue weighted by Gasteiger charge is -2.05. The van der Waals surface area contributed by atoms with E-state index in [0.29, 0.717) is 11.8 Å². The highest BCUT2D eigenvalue weighted by atomic mass is 15.1. The molecule has 0 unspecified atom stereocenters. The number of imidazole rings is 1. The first-order valence-electron chi connectivity index (χ1n) is 5.13. The zero-order chi connectivity index (χ0) is 11.2. The van der Waals surface area contributed by atoms with Crippen LogP contribution in [0, 0.1) is 0 Å². The summed E-state index contributed by atoms with van der Waals surface area (Å²) < 4.78 is 2.03. The zero-order valence-electron chi connectivity index (χ0n) is 8.87. The minimum atomic E-state index is 0.479. The third-order valence-electron chi connectivity index (χ3n) is 2.11. The molecular weight excluding hydrogens is 204 g/mol. The highest BCUT2D eigenvalue weighted by Crippen LogP contribution is 2.01. The van der Waals surface area contributed by atoms with E-state index < -0.39 is 0 Å². The maximum absolute atomic E-state index is 5.54. The molecule has 0 saturated carbocycles. The van der Waals surface area contributed by atoms with Crippen LogP contribution < -0.4 is 11.1 Å². The first-order valence-corrected chi connectivity index (χ1v) is 5.13. The molecule has 0 aliphatic heterocycles. The van der Waals surface area contributed by atoms with E-state index in [1.807, 2.05) is 10.8 Å². The van der Waals surface area contributed by atoms with Crippen LogP contribution >= 0.6 is 0 Å². The van der Waals surface area contributed by atoms with Crippen molar-refractivity contribution < 1.29 is 0 Å². The number of nitrogens with zero attached hydrogens (tertiary/aromatic N) is 4. The van der Waals surface area contributed by atoms with Gasteiger partial charge in [0.15, 0.2) is 0 Å². The molecule has 2 rings (SSSR count). The van der Waals surface area contributed by atoms with Crippen molar-refractivity contribution in [2.45, 2.75) is 13.0 Å². The number of aromatic nitrogens is 4. The van der Waals surface area contributed by atoms with Gasteiger partial charge in [0.25, 0.3) is 0 Å². The van der Waals surface area contributed by atoms with Crippen molar-refractivity contribution in [1.29, 1.82) is 0 Å². The van der Waals surface area contributed by atoms with Crippen molar-refractivity contribution in [2.75, 3.05) is 17.6 Å². The molecule has 0 aliphatic rings. The summed E-state index contributed by atoms with van der Waals surface area (Å²) in [5, 5.41) is 3.11. The van der Waals surface area contributed by atoms with Crippen molar-refractivity contribution in [3.8, 4) is 0 Å². The first kappa shape index (κ1) is 10.4. The van der Waals surface area contributed by atoms with Crippen LogP contribution in [0.15, 0.2) is 31.0 Å². The molecule has 0 bridgehead atoms. The van der Waals surface area contributed by atoms with Crippen molar-refractivity contribution in [2.24, 2.45) is 0 Å². The van der Waals surface area contributed by atoms with Crippen LogP contribution in [0.5, 0.6) is 0 Å². The summed E-state index contributed by atoms with van der Waals surface area (Å²) in [7, 11) is 0. The Kier molecular flexibility index (Phi) is 3.32. The molecule has 0 aromatic carbocycles. The number of hydrogen-bond donors (Lipinski definition) is 2. The Morgan fingerprint density at radius 3 is 3.06 bits per heavy atom. The molecular formula is C10H14N6. The van der Waals surface area contributed by atoms with Gasteiger partial charge in [-0.25, -0.2) is 9.97 Å². The monoisotopic (exact) mass is 218 g/mol. The molecule has 2 heterocycles. The van der Waals surface area contributed by atoms with Gasteiger partial charge in [-0.2, -0.15) is 4.98 Å². The molecule has 0 atom stereocenters. The maximum Gasteiger partial charge on any atom is 0.224 e. The van der Waals surface area contributed by atoms with E-state index in [1.54, 1.807) is 24.8 Å². The van der Waals surface area contributed by atoms with Crippen LogP contribution in [0.2, 0.25) is 0 Å². The molecule has 0 radical (unpaired) electrons. The van der Waals surface area contributed by atoms with E-state index in [-0.39, 0.29) is 0 Å². The van der Waals surface area contributed by atoms with Crippen LogP contribution in [-0.2, 0) is 6.54 Å². The van der Waals surface area contributed by atoms with Gasteiger partial charge < -0.3 is 15.6 Å². The second kappa shape index (κ2) is 5.11. The maximum atomic E-state index is 5.54. The summed E-state index contributed by atoms with van der Waals surface area (Å²) >= 11 is 0. The molecule has 0 aliphatic carbocycles. The summed E-state index contributed by atoms with van der Waals surface area (Å²) in [6, 6.07) is 1.66. The zero-order valence-corrected chi connectivity index (χ0v) is 8.87. The number of aryl methyl sites for hydroxylation is 1. The van der Waals surface area contributed by atoms with Gasteiger partial charge >= 0.3 is 0 Å². The van der Waals surface area contributed by atoms with Crippen molar-refractivity contribution in [1.82, 2.24) is 19.5 Å². The first-order chi connectivity index (χ1) is 7.84. The predicted octanol–water partition coefficient (Wildman–Crippen LogP) is 0.757. The summed E-state index contributed by atoms with van der Waals surface area (Å²) in [5.74, 6) is 1.05. The van der Waals surface area contributed by atoms with Gasteiger partial charge in [0.2, 0.25) is 5.95 Å². The summed E-state index contributed by atoms with van der Waals surface area (Å²) in [6.45, 7) is 1.73. The van der Waals surface area contributed by atoms with E-state index in [1.165, 1.54) is 0 Å². The largest absolute Gasteiger partial charge is 0.384 e. The Morgan fingerprint density at radius 2 is 2.31 bits per heavy atom. The van der Waals surface area contributed by atoms with Gasteiger partial charge in [0.1, 0.15) is 5.82 Å². The molecule has 16 heavy (non-hydrogen) atoms. The second-order valence-electron chi connectivity index (χ2n) is 3.39. The van der Waals surface area contributed by atoms with Crippen molar-refractivity contribution >= 4 is 11.8 Å². The van der Waals surface area contributed by atoms with Gasteiger partial charge in [-0.1, -0.05) is 0 Å². The SMILES string of the molecule is Nc1ccnc(NCCCn2ccnc2)n1. The standard InChI is InChI=1S/C10H14N6/c11-9-2-4-14-10(15-9)13-3-1-6-16-7-5-12-8-16/h2,4-5,7-8H,1,3,6H2,(H3,11,13,14,15). The predicted molar refractivity (Wildman–Crippen MR) is 61.8 cm³/mol. The fraction of sp³-hybridized carbons (Fsp3) is 0.300. The number of nitrogen functional groups attached to an aromatic ring is 1. The lowest BCUT2D eigenvalue weighted by molar-refractivity contribution is 0.659. The summed E-state index contributed by atoms with van der Waals surface area (Å²) in [5.41, 5.74) is 5.54. The van der Waals surface area contributed by atoms with Gasteiger partial charge in [-0.05, 0) is 12.5 Å². The highest BCUT2D eigenvalue weighted by Gasteiger charge is 1.95. The van der Waals surface area contributed by atoms with Crippen LogP contribution in [0.3, 0.4) is 0 Å². The third-order valence-corrected chi connectivity index (χ3v) is 2.11. The smallest absolute Gasteiger partial charge is 0.224 e. The molecule has 0 fully saturated rings. The Hall–Kier alpha value is -2.11. The minimum absolute atomic E-state index is 0.479. The number of anilines is 2. The Morgan fingerprint density at radius 1 is 1.38 bits per heavy atom. The molecule has 0 amide bonds. The van der Waals surface area contributed by atoms with E-state index in [0.717, 1.165) is 19.5 Å². The third kappa shape index (κ3) is 2.94. The number of nitrogens with two attached hydrogens (primary N) is 1. The summed E-state index contributed by atoms with van der Waals surface area (Å²) in [4.78, 5) is 12.1. The van der Waals surface area contributed by atoms with Crippen molar-refractivity contribution in [3.05, 3.63) is 31.0 Å². The number of nitrogens with one attached hydrogen (secondary N) is 1. The van der Waals surface area contributed by atoms with Crippen LogP contribution in [-0.4, -0.2) is 26.1 Å². The Labute approximate surface area is 93.6 Å². The number of hydrogen-bond acceptors (Lipinski definition) is 5. The Balaban J connectivity index is 1.72. The van der Waals surface area contributed by atoms with Gasteiger partial charge in [0.05, 0.1) is 6.33 Å². The minimum Gasteiger partial charge on any atom is -0.384 e. The molecule has 2 aromatic heterocycles. The molecule has 2 aromatic rings. The molecule has 6 nitrogen and oxygen atoms in total. The van der Waals surface area contributed by atoms with Crippen LogP contribution in [0.1, 0.15) is 6.42 Å². The molecule has 0 spiro atoms. The average molecular weight is 218 g/mol.